The van der Waals surface area contributed by atoms with Crippen LogP contribution in [0, 0.1) is 0 Å². The van der Waals surface area contributed by atoms with Crippen LogP contribution < -0.4 is 15.5 Å². The SMILES string of the molecule is CN=C(NCCNC(=O)c1ccc(Cl)cc1)N1CCN(c2ncccn2)CC1.I. The molecule has 2 heterocycles. The van der Waals surface area contributed by atoms with Crippen molar-refractivity contribution in [1.82, 2.24) is 25.5 Å². The molecule has 1 aromatic carbocycles. The van der Waals surface area contributed by atoms with Gasteiger partial charge in [-0.25, -0.2) is 9.97 Å². The summed E-state index contributed by atoms with van der Waals surface area (Å²) in [5, 5.41) is 6.80. The number of rotatable bonds is 5. The number of carbonyl (C=O) groups is 1. The summed E-state index contributed by atoms with van der Waals surface area (Å²) in [5.41, 5.74) is 0.591. The highest BCUT2D eigenvalue weighted by Crippen LogP contribution is 2.10. The number of aromatic nitrogens is 2. The summed E-state index contributed by atoms with van der Waals surface area (Å²) in [6.45, 7) is 4.41. The molecule has 0 atom stereocenters. The van der Waals surface area contributed by atoms with Gasteiger partial charge in [0.05, 0.1) is 0 Å². The molecule has 0 bridgehead atoms. The van der Waals surface area contributed by atoms with E-state index in [1.807, 2.05) is 6.07 Å². The topological polar surface area (TPSA) is 85.8 Å². The Morgan fingerprint density at radius 1 is 1.07 bits per heavy atom. The first kappa shape index (κ1) is 23.1. The Labute approximate surface area is 192 Å². The van der Waals surface area contributed by atoms with E-state index in [0.29, 0.717) is 23.7 Å². The number of anilines is 1. The summed E-state index contributed by atoms with van der Waals surface area (Å²) in [7, 11) is 1.77. The largest absolute Gasteiger partial charge is 0.354 e. The number of aliphatic imine (C=N–C) groups is 1. The lowest BCUT2D eigenvalue weighted by molar-refractivity contribution is 0.0954. The predicted molar refractivity (Wildman–Crippen MR) is 126 cm³/mol. The van der Waals surface area contributed by atoms with Crippen molar-refractivity contribution in [2.24, 2.45) is 4.99 Å². The molecule has 1 fully saturated rings. The molecule has 0 saturated carbocycles. The van der Waals surface area contributed by atoms with Crippen molar-refractivity contribution in [3.63, 3.8) is 0 Å². The van der Waals surface area contributed by atoms with Crippen LogP contribution in [-0.2, 0) is 0 Å². The van der Waals surface area contributed by atoms with Gasteiger partial charge in [0.2, 0.25) is 5.95 Å². The molecule has 29 heavy (non-hydrogen) atoms. The minimum absolute atomic E-state index is 0. The van der Waals surface area contributed by atoms with Crippen molar-refractivity contribution in [1.29, 1.82) is 0 Å². The van der Waals surface area contributed by atoms with E-state index in [9.17, 15) is 4.79 Å². The molecule has 1 aliphatic heterocycles. The lowest BCUT2D eigenvalue weighted by atomic mass is 10.2. The van der Waals surface area contributed by atoms with Gasteiger partial charge in [-0.1, -0.05) is 11.6 Å². The summed E-state index contributed by atoms with van der Waals surface area (Å²) in [6.07, 6.45) is 3.51. The van der Waals surface area contributed by atoms with E-state index in [0.717, 1.165) is 38.1 Å². The van der Waals surface area contributed by atoms with Crippen LogP contribution in [0.4, 0.5) is 5.95 Å². The molecule has 2 N–H and O–H groups in total. The Hall–Kier alpha value is -2.14. The fraction of sp³-hybridized carbons (Fsp3) is 0.368. The second kappa shape index (κ2) is 11.8. The quantitative estimate of drug-likeness (QED) is 0.266. The first-order valence-electron chi connectivity index (χ1n) is 9.18. The standard InChI is InChI=1S/C19H24ClN7O.HI/c1-21-18(25-10-9-22-17(28)15-3-5-16(20)6-4-15)26-11-13-27(14-12-26)19-23-7-2-8-24-19;/h2-8H,9-14H2,1H3,(H,21,25)(H,22,28);1H. The Morgan fingerprint density at radius 2 is 1.69 bits per heavy atom. The Balaban J connectivity index is 0.00000300. The number of amides is 1. The van der Waals surface area contributed by atoms with Gasteiger partial charge in [-0.05, 0) is 30.3 Å². The molecule has 1 amide bonds. The van der Waals surface area contributed by atoms with Gasteiger partial charge in [0.15, 0.2) is 5.96 Å². The number of carbonyl (C=O) groups excluding carboxylic acids is 1. The number of guanidine groups is 1. The molecule has 8 nitrogen and oxygen atoms in total. The lowest BCUT2D eigenvalue weighted by Gasteiger charge is -2.36. The van der Waals surface area contributed by atoms with Gasteiger partial charge in [-0.2, -0.15) is 0 Å². The summed E-state index contributed by atoms with van der Waals surface area (Å²) >= 11 is 5.84. The van der Waals surface area contributed by atoms with E-state index in [-0.39, 0.29) is 29.9 Å². The van der Waals surface area contributed by atoms with Crippen LogP contribution >= 0.6 is 35.6 Å². The van der Waals surface area contributed by atoms with Gasteiger partial charge >= 0.3 is 0 Å². The maximum Gasteiger partial charge on any atom is 0.251 e. The molecule has 0 radical (unpaired) electrons. The molecular weight excluding hydrogens is 505 g/mol. The summed E-state index contributed by atoms with van der Waals surface area (Å²) in [4.78, 5) is 29.4. The first-order chi connectivity index (χ1) is 13.7. The van der Waals surface area contributed by atoms with E-state index in [2.05, 4.69) is 35.4 Å². The predicted octanol–water partition coefficient (Wildman–Crippen LogP) is 1.88. The lowest BCUT2D eigenvalue weighted by Crippen LogP contribution is -2.53. The van der Waals surface area contributed by atoms with Crippen molar-refractivity contribution in [2.45, 2.75) is 0 Å². The van der Waals surface area contributed by atoms with Gasteiger partial charge < -0.3 is 20.4 Å². The van der Waals surface area contributed by atoms with Crippen LogP contribution in [0.2, 0.25) is 5.02 Å². The molecule has 0 spiro atoms. The fourth-order valence-electron chi connectivity index (χ4n) is 2.96. The second-order valence-corrected chi connectivity index (χ2v) is 6.70. The van der Waals surface area contributed by atoms with Crippen LogP contribution in [0.5, 0.6) is 0 Å². The maximum absolute atomic E-state index is 12.1. The highest BCUT2D eigenvalue weighted by Gasteiger charge is 2.20. The molecule has 0 unspecified atom stereocenters. The third-order valence-corrected chi connectivity index (χ3v) is 4.68. The summed E-state index contributed by atoms with van der Waals surface area (Å²) < 4.78 is 0. The number of hydrogen-bond donors (Lipinski definition) is 2. The van der Waals surface area contributed by atoms with Crippen molar-refractivity contribution in [3.05, 3.63) is 53.3 Å². The van der Waals surface area contributed by atoms with Gasteiger partial charge in [0, 0.05) is 69.3 Å². The number of nitrogens with zero attached hydrogens (tertiary/aromatic N) is 5. The van der Waals surface area contributed by atoms with Crippen LogP contribution in [0.1, 0.15) is 10.4 Å². The molecule has 2 aromatic rings. The van der Waals surface area contributed by atoms with Gasteiger partial charge in [0.1, 0.15) is 0 Å². The number of hydrogen-bond acceptors (Lipinski definition) is 5. The molecule has 1 saturated heterocycles. The van der Waals surface area contributed by atoms with Crippen molar-refractivity contribution >= 4 is 53.4 Å². The summed E-state index contributed by atoms with van der Waals surface area (Å²) in [6, 6.07) is 8.64. The molecule has 1 aromatic heterocycles. The first-order valence-corrected chi connectivity index (χ1v) is 9.56. The zero-order valence-electron chi connectivity index (χ0n) is 16.2. The fourth-order valence-corrected chi connectivity index (χ4v) is 3.08. The van der Waals surface area contributed by atoms with Gasteiger partial charge in [-0.15, -0.1) is 24.0 Å². The third kappa shape index (κ3) is 6.70. The van der Waals surface area contributed by atoms with E-state index < -0.39 is 0 Å². The number of piperazine rings is 1. The van der Waals surface area contributed by atoms with E-state index in [4.69, 9.17) is 11.6 Å². The molecule has 3 rings (SSSR count). The molecule has 156 valence electrons. The second-order valence-electron chi connectivity index (χ2n) is 6.26. The summed E-state index contributed by atoms with van der Waals surface area (Å²) in [5.74, 6) is 1.47. The third-order valence-electron chi connectivity index (χ3n) is 4.43. The Kier molecular flexibility index (Phi) is 9.39. The minimum Gasteiger partial charge on any atom is -0.354 e. The normalized spacial score (nSPS) is 14.2. The number of nitrogens with one attached hydrogen (secondary N) is 2. The van der Waals surface area contributed by atoms with Crippen molar-refractivity contribution < 1.29 is 4.79 Å². The zero-order valence-corrected chi connectivity index (χ0v) is 19.3. The van der Waals surface area contributed by atoms with Crippen LogP contribution in [0.25, 0.3) is 0 Å². The number of benzene rings is 1. The van der Waals surface area contributed by atoms with Crippen molar-refractivity contribution in [2.75, 3.05) is 51.2 Å². The molecule has 0 aliphatic carbocycles. The van der Waals surface area contributed by atoms with Crippen LogP contribution in [0.3, 0.4) is 0 Å². The molecular formula is C19H25ClIN7O. The maximum atomic E-state index is 12.1. The van der Waals surface area contributed by atoms with Crippen molar-refractivity contribution in [3.8, 4) is 0 Å². The smallest absolute Gasteiger partial charge is 0.251 e. The Morgan fingerprint density at radius 3 is 2.31 bits per heavy atom. The van der Waals surface area contributed by atoms with E-state index in [1.54, 1.807) is 43.7 Å². The van der Waals surface area contributed by atoms with Gasteiger partial charge in [-0.3, -0.25) is 9.79 Å². The number of halogens is 2. The van der Waals surface area contributed by atoms with Crippen LogP contribution in [-0.4, -0.2) is 73.1 Å². The molecule has 1 aliphatic rings. The van der Waals surface area contributed by atoms with Crippen LogP contribution in [0.15, 0.2) is 47.7 Å². The van der Waals surface area contributed by atoms with E-state index in [1.165, 1.54) is 0 Å². The average molecular weight is 530 g/mol. The minimum atomic E-state index is -0.120. The van der Waals surface area contributed by atoms with E-state index >= 15 is 0 Å². The highest BCUT2D eigenvalue weighted by molar-refractivity contribution is 14.0. The molecule has 10 heteroatoms. The zero-order chi connectivity index (χ0) is 19.8. The van der Waals surface area contributed by atoms with Gasteiger partial charge in [0.25, 0.3) is 5.91 Å². The average Bonchev–Trinajstić information content (AvgIpc) is 2.75. The Bertz CT molecular complexity index is 796. The highest BCUT2D eigenvalue weighted by atomic mass is 127. The monoisotopic (exact) mass is 529 g/mol.